The summed E-state index contributed by atoms with van der Waals surface area (Å²) in [5.41, 5.74) is 2.59. The summed E-state index contributed by atoms with van der Waals surface area (Å²) in [7, 11) is 0. The van der Waals surface area contributed by atoms with E-state index < -0.39 is 4.92 Å². The quantitative estimate of drug-likeness (QED) is 0.626. The van der Waals surface area contributed by atoms with Gasteiger partial charge >= 0.3 is 0 Å². The highest BCUT2D eigenvalue weighted by molar-refractivity contribution is 5.94. The van der Waals surface area contributed by atoms with Crippen molar-refractivity contribution in [1.82, 2.24) is 4.98 Å². The summed E-state index contributed by atoms with van der Waals surface area (Å²) >= 11 is 0. The molecule has 1 saturated heterocycles. The molecule has 0 N–H and O–H groups in total. The average molecular weight is 285 g/mol. The summed E-state index contributed by atoms with van der Waals surface area (Å²) in [5, 5.41) is 11.7. The van der Waals surface area contributed by atoms with Crippen molar-refractivity contribution in [3.05, 3.63) is 40.1 Å². The van der Waals surface area contributed by atoms with Crippen LogP contribution in [0.15, 0.2) is 24.3 Å². The number of pyridine rings is 1. The monoisotopic (exact) mass is 285 g/mol. The Balaban J connectivity index is 2.13. The van der Waals surface area contributed by atoms with Crippen molar-refractivity contribution in [2.45, 2.75) is 19.8 Å². The Morgan fingerprint density at radius 3 is 2.62 bits per heavy atom. The van der Waals surface area contributed by atoms with Crippen LogP contribution in [0.25, 0.3) is 10.9 Å². The van der Waals surface area contributed by atoms with E-state index in [9.17, 15) is 14.9 Å². The highest BCUT2D eigenvalue weighted by Gasteiger charge is 2.20. The van der Waals surface area contributed by atoms with Crippen LogP contribution in [0, 0.1) is 17.0 Å². The van der Waals surface area contributed by atoms with E-state index in [1.807, 2.05) is 13.0 Å². The van der Waals surface area contributed by atoms with Gasteiger partial charge in [0.1, 0.15) is 5.78 Å². The fraction of sp³-hybridized carbons (Fsp3) is 0.333. The number of ketones is 1. The normalized spacial score (nSPS) is 15.5. The zero-order valence-electron chi connectivity index (χ0n) is 11.7. The average Bonchev–Trinajstić information content (AvgIpc) is 2.46. The molecule has 0 aliphatic carbocycles. The molecule has 1 aromatic carbocycles. The van der Waals surface area contributed by atoms with Crippen LogP contribution in [0.5, 0.6) is 0 Å². The van der Waals surface area contributed by atoms with Crippen molar-refractivity contribution in [1.29, 1.82) is 0 Å². The number of fused-ring (bicyclic) bond motifs is 1. The standard InChI is InChI=1S/C15H15N3O3/c1-10-8-15(17-6-4-12(19)5-7-17)13-9-11(18(20)21)2-3-14(13)16-10/h2-3,8-9H,4-7H2,1H3. The van der Waals surface area contributed by atoms with Crippen LogP contribution in [0.2, 0.25) is 0 Å². The third-order valence-corrected chi connectivity index (χ3v) is 3.77. The molecule has 0 saturated carbocycles. The molecule has 108 valence electrons. The van der Waals surface area contributed by atoms with Gasteiger partial charge < -0.3 is 4.90 Å². The molecule has 21 heavy (non-hydrogen) atoms. The topological polar surface area (TPSA) is 76.3 Å². The predicted octanol–water partition coefficient (Wildman–Crippen LogP) is 2.62. The smallest absolute Gasteiger partial charge is 0.270 e. The maximum atomic E-state index is 11.4. The lowest BCUT2D eigenvalue weighted by Crippen LogP contribution is -2.33. The molecule has 1 aliphatic heterocycles. The Labute approximate surface area is 121 Å². The Morgan fingerprint density at radius 1 is 1.24 bits per heavy atom. The van der Waals surface area contributed by atoms with E-state index in [-0.39, 0.29) is 11.5 Å². The number of carbonyl (C=O) groups excluding carboxylic acids is 1. The number of rotatable bonds is 2. The van der Waals surface area contributed by atoms with Gasteiger partial charge in [-0.1, -0.05) is 0 Å². The summed E-state index contributed by atoms with van der Waals surface area (Å²) in [4.78, 5) is 28.5. The van der Waals surface area contributed by atoms with Crippen LogP contribution >= 0.6 is 0 Å². The first-order valence-electron chi connectivity index (χ1n) is 6.87. The minimum atomic E-state index is -0.400. The number of aromatic nitrogens is 1. The highest BCUT2D eigenvalue weighted by atomic mass is 16.6. The zero-order chi connectivity index (χ0) is 15.0. The number of aryl methyl sites for hydroxylation is 1. The van der Waals surface area contributed by atoms with Crippen molar-refractivity contribution in [3.8, 4) is 0 Å². The molecule has 0 atom stereocenters. The largest absolute Gasteiger partial charge is 0.370 e. The second kappa shape index (κ2) is 5.12. The Bertz CT molecular complexity index is 732. The Morgan fingerprint density at radius 2 is 1.95 bits per heavy atom. The minimum absolute atomic E-state index is 0.0579. The number of nitrogens with zero attached hydrogens (tertiary/aromatic N) is 3. The third-order valence-electron chi connectivity index (χ3n) is 3.77. The van der Waals surface area contributed by atoms with Gasteiger partial charge in [0.25, 0.3) is 5.69 Å². The first kappa shape index (κ1) is 13.5. The molecule has 0 amide bonds. The molecule has 2 aromatic rings. The van der Waals surface area contributed by atoms with Crippen molar-refractivity contribution in [3.63, 3.8) is 0 Å². The maximum Gasteiger partial charge on any atom is 0.270 e. The number of Topliss-reactive ketones (excluding diaryl/α,β-unsaturated/α-hetero) is 1. The number of nitro benzene ring substituents is 1. The van der Waals surface area contributed by atoms with Gasteiger partial charge in [-0.3, -0.25) is 19.9 Å². The molecule has 6 nitrogen and oxygen atoms in total. The Kier molecular flexibility index (Phi) is 3.29. The molecule has 1 fully saturated rings. The van der Waals surface area contributed by atoms with Crippen LogP contribution in [0.4, 0.5) is 11.4 Å². The molecule has 0 bridgehead atoms. The third kappa shape index (κ3) is 2.56. The van der Waals surface area contributed by atoms with Gasteiger partial charge in [-0.15, -0.1) is 0 Å². The fourth-order valence-electron chi connectivity index (χ4n) is 2.70. The second-order valence-corrected chi connectivity index (χ2v) is 5.27. The molecule has 0 radical (unpaired) electrons. The maximum absolute atomic E-state index is 11.4. The zero-order valence-corrected chi connectivity index (χ0v) is 11.7. The number of carbonyl (C=O) groups is 1. The van der Waals surface area contributed by atoms with E-state index >= 15 is 0 Å². The van der Waals surface area contributed by atoms with E-state index in [4.69, 9.17) is 0 Å². The van der Waals surface area contributed by atoms with Crippen molar-refractivity contribution >= 4 is 28.1 Å². The molecular formula is C15H15N3O3. The summed E-state index contributed by atoms with van der Waals surface area (Å²) in [5.74, 6) is 0.271. The lowest BCUT2D eigenvalue weighted by Gasteiger charge is -2.29. The molecule has 3 rings (SSSR count). The summed E-state index contributed by atoms with van der Waals surface area (Å²) in [6, 6.07) is 6.65. The van der Waals surface area contributed by atoms with Gasteiger partial charge in [-0.05, 0) is 19.1 Å². The van der Waals surface area contributed by atoms with Crippen LogP contribution in [-0.2, 0) is 4.79 Å². The van der Waals surface area contributed by atoms with E-state index in [0.29, 0.717) is 25.9 Å². The predicted molar refractivity (Wildman–Crippen MR) is 79.6 cm³/mol. The molecule has 0 unspecified atom stereocenters. The van der Waals surface area contributed by atoms with Gasteiger partial charge in [0.05, 0.1) is 10.4 Å². The number of benzene rings is 1. The minimum Gasteiger partial charge on any atom is -0.370 e. The van der Waals surface area contributed by atoms with Crippen molar-refractivity contribution in [2.24, 2.45) is 0 Å². The van der Waals surface area contributed by atoms with E-state index in [0.717, 1.165) is 22.3 Å². The number of hydrogen-bond acceptors (Lipinski definition) is 5. The molecule has 0 spiro atoms. The number of nitro groups is 1. The summed E-state index contributed by atoms with van der Waals surface area (Å²) in [6.45, 7) is 3.21. The molecular weight excluding hydrogens is 270 g/mol. The Hall–Kier alpha value is -2.50. The number of non-ortho nitro benzene ring substituents is 1. The first-order valence-corrected chi connectivity index (χ1v) is 6.87. The lowest BCUT2D eigenvalue weighted by atomic mass is 10.1. The van der Waals surface area contributed by atoms with Crippen LogP contribution < -0.4 is 4.90 Å². The first-order chi connectivity index (χ1) is 10.0. The van der Waals surface area contributed by atoms with Crippen LogP contribution in [-0.4, -0.2) is 28.8 Å². The van der Waals surface area contributed by atoms with E-state index in [1.54, 1.807) is 12.1 Å². The summed E-state index contributed by atoms with van der Waals surface area (Å²) in [6.07, 6.45) is 1.05. The van der Waals surface area contributed by atoms with Crippen LogP contribution in [0.1, 0.15) is 18.5 Å². The van der Waals surface area contributed by atoms with E-state index in [2.05, 4.69) is 9.88 Å². The number of hydrogen-bond donors (Lipinski definition) is 0. The molecule has 6 heteroatoms. The van der Waals surface area contributed by atoms with Gasteiger partial charge in [-0.2, -0.15) is 0 Å². The highest BCUT2D eigenvalue weighted by Crippen LogP contribution is 2.31. The number of anilines is 1. The SMILES string of the molecule is Cc1cc(N2CCC(=O)CC2)c2cc([N+](=O)[O-])ccc2n1. The second-order valence-electron chi connectivity index (χ2n) is 5.27. The molecule has 2 heterocycles. The van der Waals surface area contributed by atoms with Gasteiger partial charge in [0.2, 0.25) is 0 Å². The fourth-order valence-corrected chi connectivity index (χ4v) is 2.70. The van der Waals surface area contributed by atoms with Gasteiger partial charge in [0.15, 0.2) is 0 Å². The number of piperidine rings is 1. The lowest BCUT2D eigenvalue weighted by molar-refractivity contribution is -0.384. The van der Waals surface area contributed by atoms with Gasteiger partial charge in [0, 0.05) is 54.8 Å². The van der Waals surface area contributed by atoms with Crippen LogP contribution in [0.3, 0.4) is 0 Å². The summed E-state index contributed by atoms with van der Waals surface area (Å²) < 4.78 is 0. The van der Waals surface area contributed by atoms with Crippen molar-refractivity contribution < 1.29 is 9.72 Å². The molecule has 1 aromatic heterocycles. The van der Waals surface area contributed by atoms with Crippen molar-refractivity contribution in [2.75, 3.05) is 18.0 Å². The van der Waals surface area contributed by atoms with E-state index in [1.165, 1.54) is 6.07 Å². The van der Waals surface area contributed by atoms with Gasteiger partial charge in [-0.25, -0.2) is 0 Å². The molecule has 1 aliphatic rings.